The van der Waals surface area contributed by atoms with Gasteiger partial charge in [-0.05, 0) is 62.5 Å². The summed E-state index contributed by atoms with van der Waals surface area (Å²) < 4.78 is 32.2. The molecule has 1 aliphatic rings. The van der Waals surface area contributed by atoms with Gasteiger partial charge in [-0.25, -0.2) is 8.42 Å². The van der Waals surface area contributed by atoms with E-state index in [1.807, 2.05) is 13.0 Å². The van der Waals surface area contributed by atoms with E-state index in [4.69, 9.17) is 4.74 Å². The molecule has 112 valence electrons. The van der Waals surface area contributed by atoms with Gasteiger partial charge in [-0.1, -0.05) is 0 Å². The van der Waals surface area contributed by atoms with Crippen molar-refractivity contribution < 1.29 is 13.2 Å². The zero-order valence-corrected chi connectivity index (χ0v) is 12.8. The first-order chi connectivity index (χ1) is 9.50. The molecule has 1 aliphatic heterocycles. The summed E-state index contributed by atoms with van der Waals surface area (Å²) in [5.74, 6) is 1.09. The molecule has 1 heterocycles. The van der Waals surface area contributed by atoms with Gasteiger partial charge in [-0.15, -0.1) is 0 Å². The van der Waals surface area contributed by atoms with Crippen LogP contribution in [0.25, 0.3) is 0 Å². The summed E-state index contributed by atoms with van der Waals surface area (Å²) in [6.45, 7) is 3.63. The Morgan fingerprint density at radius 2 is 2.25 bits per heavy atom. The Labute approximate surface area is 120 Å². The summed E-state index contributed by atoms with van der Waals surface area (Å²) in [6, 6.07) is 5.32. The normalized spacial score (nSPS) is 19.6. The molecule has 1 atom stereocenters. The van der Waals surface area contributed by atoms with Gasteiger partial charge in [0, 0.05) is 0 Å². The third kappa shape index (κ3) is 4.11. The Bertz CT molecular complexity index is 552. The molecule has 1 aromatic rings. The van der Waals surface area contributed by atoms with E-state index in [0.717, 1.165) is 37.2 Å². The fraction of sp³-hybridized carbons (Fsp3) is 0.571. The monoisotopic (exact) mass is 298 g/mol. The molecule has 5 nitrogen and oxygen atoms in total. The van der Waals surface area contributed by atoms with Gasteiger partial charge in [0.2, 0.25) is 10.0 Å². The third-order valence-electron chi connectivity index (χ3n) is 3.55. The number of ether oxygens (including phenoxy) is 1. The van der Waals surface area contributed by atoms with Gasteiger partial charge in [-0.3, -0.25) is 4.72 Å². The Balaban J connectivity index is 2.03. The van der Waals surface area contributed by atoms with Crippen LogP contribution in [0, 0.1) is 12.8 Å². The van der Waals surface area contributed by atoms with Crippen molar-refractivity contribution >= 4 is 15.7 Å². The van der Waals surface area contributed by atoms with E-state index in [9.17, 15) is 8.42 Å². The number of nitrogens with one attached hydrogen (secondary N) is 2. The van der Waals surface area contributed by atoms with Crippen molar-refractivity contribution in [3.05, 3.63) is 23.8 Å². The first-order valence-electron chi connectivity index (χ1n) is 6.86. The fourth-order valence-corrected chi connectivity index (χ4v) is 4.02. The summed E-state index contributed by atoms with van der Waals surface area (Å²) in [4.78, 5) is 0. The quantitative estimate of drug-likeness (QED) is 0.869. The number of hydrogen-bond donors (Lipinski definition) is 2. The second-order valence-corrected chi connectivity index (χ2v) is 7.04. The van der Waals surface area contributed by atoms with Gasteiger partial charge in [0.05, 0.1) is 18.6 Å². The molecule has 0 amide bonds. The molecule has 0 bridgehead atoms. The smallest absolute Gasteiger partial charge is 0.233 e. The maximum atomic E-state index is 12.2. The molecule has 2 N–H and O–H groups in total. The SMILES string of the molecule is COc1ccc(NS(=O)(=O)CC2CCCNC2)c(C)c1. The Morgan fingerprint density at radius 3 is 2.85 bits per heavy atom. The summed E-state index contributed by atoms with van der Waals surface area (Å²) in [7, 11) is -1.72. The average Bonchev–Trinajstić information content (AvgIpc) is 2.41. The topological polar surface area (TPSA) is 67.4 Å². The maximum absolute atomic E-state index is 12.2. The Morgan fingerprint density at radius 1 is 1.45 bits per heavy atom. The van der Waals surface area contributed by atoms with Gasteiger partial charge >= 0.3 is 0 Å². The maximum Gasteiger partial charge on any atom is 0.233 e. The van der Waals surface area contributed by atoms with Gasteiger partial charge in [0.25, 0.3) is 0 Å². The van der Waals surface area contributed by atoms with Gasteiger partial charge in [-0.2, -0.15) is 0 Å². The van der Waals surface area contributed by atoms with E-state index in [2.05, 4.69) is 10.0 Å². The van der Waals surface area contributed by atoms with Crippen molar-refractivity contribution in [1.82, 2.24) is 5.32 Å². The van der Waals surface area contributed by atoms with Crippen LogP contribution in [0.2, 0.25) is 0 Å². The lowest BCUT2D eigenvalue weighted by Crippen LogP contribution is -2.35. The van der Waals surface area contributed by atoms with Crippen LogP contribution in [-0.4, -0.2) is 34.4 Å². The van der Waals surface area contributed by atoms with E-state index in [1.165, 1.54) is 0 Å². The summed E-state index contributed by atoms with van der Waals surface area (Å²) in [5, 5.41) is 3.24. The van der Waals surface area contributed by atoms with Crippen LogP contribution < -0.4 is 14.8 Å². The molecule has 1 unspecified atom stereocenters. The number of aryl methyl sites for hydroxylation is 1. The number of anilines is 1. The first-order valence-corrected chi connectivity index (χ1v) is 8.51. The van der Waals surface area contributed by atoms with Crippen molar-refractivity contribution in [2.75, 3.05) is 30.7 Å². The highest BCUT2D eigenvalue weighted by atomic mass is 32.2. The first kappa shape index (κ1) is 15.1. The Kier molecular flexibility index (Phi) is 4.88. The van der Waals surface area contributed by atoms with E-state index >= 15 is 0 Å². The number of piperidine rings is 1. The molecule has 0 spiro atoms. The lowest BCUT2D eigenvalue weighted by Gasteiger charge is -2.23. The van der Waals surface area contributed by atoms with Crippen molar-refractivity contribution in [3.8, 4) is 5.75 Å². The van der Waals surface area contributed by atoms with E-state index in [-0.39, 0.29) is 11.7 Å². The van der Waals surface area contributed by atoms with E-state index < -0.39 is 10.0 Å². The largest absolute Gasteiger partial charge is 0.497 e. The van der Waals surface area contributed by atoms with Crippen molar-refractivity contribution in [2.45, 2.75) is 19.8 Å². The molecule has 0 aromatic heterocycles. The average molecular weight is 298 g/mol. The van der Waals surface area contributed by atoms with Gasteiger partial charge in [0.15, 0.2) is 0 Å². The van der Waals surface area contributed by atoms with Crippen molar-refractivity contribution in [2.24, 2.45) is 5.92 Å². The van der Waals surface area contributed by atoms with Crippen LogP contribution in [0.15, 0.2) is 18.2 Å². The molecular weight excluding hydrogens is 276 g/mol. The minimum absolute atomic E-state index is 0.172. The lowest BCUT2D eigenvalue weighted by atomic mass is 10.0. The van der Waals surface area contributed by atoms with E-state index in [1.54, 1.807) is 19.2 Å². The van der Waals surface area contributed by atoms with Crippen LogP contribution in [0.3, 0.4) is 0 Å². The van der Waals surface area contributed by atoms with Crippen molar-refractivity contribution in [3.63, 3.8) is 0 Å². The van der Waals surface area contributed by atoms with Crippen LogP contribution in [0.4, 0.5) is 5.69 Å². The minimum Gasteiger partial charge on any atom is -0.497 e. The highest BCUT2D eigenvalue weighted by molar-refractivity contribution is 7.92. The highest BCUT2D eigenvalue weighted by Crippen LogP contribution is 2.23. The molecule has 1 aromatic carbocycles. The van der Waals surface area contributed by atoms with Crippen LogP contribution in [-0.2, 0) is 10.0 Å². The number of rotatable bonds is 5. The predicted octanol–water partition coefficient (Wildman–Crippen LogP) is 1.74. The zero-order valence-electron chi connectivity index (χ0n) is 12.0. The number of hydrogen-bond acceptors (Lipinski definition) is 4. The Hall–Kier alpha value is -1.27. The molecule has 0 saturated carbocycles. The standard InChI is InChI=1S/C14H22N2O3S/c1-11-8-13(19-2)5-6-14(11)16-20(17,18)10-12-4-3-7-15-9-12/h5-6,8,12,15-16H,3-4,7,9-10H2,1-2H3. The lowest BCUT2D eigenvalue weighted by molar-refractivity contribution is 0.404. The third-order valence-corrected chi connectivity index (χ3v) is 4.99. The zero-order chi connectivity index (χ0) is 14.6. The highest BCUT2D eigenvalue weighted by Gasteiger charge is 2.21. The second kappa shape index (κ2) is 6.45. The van der Waals surface area contributed by atoms with Crippen molar-refractivity contribution in [1.29, 1.82) is 0 Å². The van der Waals surface area contributed by atoms with Crippen LogP contribution in [0.5, 0.6) is 5.75 Å². The van der Waals surface area contributed by atoms with Crippen LogP contribution >= 0.6 is 0 Å². The van der Waals surface area contributed by atoms with Gasteiger partial charge in [0.1, 0.15) is 5.75 Å². The number of sulfonamides is 1. The molecule has 20 heavy (non-hydrogen) atoms. The molecule has 1 fully saturated rings. The number of benzene rings is 1. The summed E-state index contributed by atoms with van der Waals surface area (Å²) in [6.07, 6.45) is 2.01. The van der Waals surface area contributed by atoms with Crippen LogP contribution in [0.1, 0.15) is 18.4 Å². The second-order valence-electron chi connectivity index (χ2n) is 5.28. The molecule has 6 heteroatoms. The fourth-order valence-electron chi connectivity index (χ4n) is 2.46. The summed E-state index contributed by atoms with van der Waals surface area (Å²) in [5.41, 5.74) is 1.48. The molecular formula is C14H22N2O3S. The predicted molar refractivity (Wildman–Crippen MR) is 80.7 cm³/mol. The number of methoxy groups -OCH3 is 1. The van der Waals surface area contributed by atoms with E-state index in [0.29, 0.717) is 5.69 Å². The molecule has 1 saturated heterocycles. The minimum atomic E-state index is -3.31. The molecule has 0 aliphatic carbocycles. The molecule has 0 radical (unpaired) electrons. The summed E-state index contributed by atoms with van der Waals surface area (Å²) >= 11 is 0. The van der Waals surface area contributed by atoms with Gasteiger partial charge < -0.3 is 10.1 Å². The molecule has 2 rings (SSSR count).